The first-order valence-electron chi connectivity index (χ1n) is 10.8. The first-order chi connectivity index (χ1) is 15.8. The summed E-state index contributed by atoms with van der Waals surface area (Å²) < 4.78 is 9.29. The van der Waals surface area contributed by atoms with Gasteiger partial charge < -0.3 is 9.64 Å². The number of carbonyl (C=O) groups is 1. The lowest BCUT2D eigenvalue weighted by Crippen LogP contribution is -2.39. The number of anilines is 1. The lowest BCUT2D eigenvalue weighted by Gasteiger charge is -2.25. The molecule has 3 heterocycles. The average molecular weight is 466 g/mol. The number of esters is 1. The lowest BCUT2D eigenvalue weighted by atomic mass is 9.95. The molecule has 0 N–H and O–H groups in total. The number of hydrogen-bond acceptors (Lipinski definition) is 7. The molecule has 0 fully saturated rings. The van der Waals surface area contributed by atoms with Crippen molar-refractivity contribution in [1.82, 2.24) is 14.3 Å². The van der Waals surface area contributed by atoms with E-state index < -0.39 is 12.0 Å². The van der Waals surface area contributed by atoms with Crippen LogP contribution < -0.4 is 19.8 Å². The summed E-state index contributed by atoms with van der Waals surface area (Å²) in [6.45, 7) is 6.55. The highest BCUT2D eigenvalue weighted by molar-refractivity contribution is 7.07. The van der Waals surface area contributed by atoms with Gasteiger partial charge in [0, 0.05) is 38.1 Å². The van der Waals surface area contributed by atoms with Gasteiger partial charge in [-0.15, -0.1) is 0 Å². The Morgan fingerprint density at radius 3 is 2.58 bits per heavy atom. The van der Waals surface area contributed by atoms with Crippen molar-refractivity contribution < 1.29 is 9.53 Å². The van der Waals surface area contributed by atoms with Gasteiger partial charge in [-0.1, -0.05) is 23.5 Å². The van der Waals surface area contributed by atoms with Crippen molar-refractivity contribution in [2.45, 2.75) is 33.4 Å². The standard InChI is InChI=1S/C24H27N5O3S/c1-6-28-14-16(13-25-28)12-19-22(30)29-21(17-8-10-18(11-9-17)27(4)5)20(23(31)32-7-2)15(3)26-24(29)33-19/h8-14,21H,6-7H2,1-5H3/b19-12+. The van der Waals surface area contributed by atoms with Gasteiger partial charge in [0.15, 0.2) is 4.80 Å². The number of rotatable bonds is 6. The molecule has 1 atom stereocenters. The Kier molecular flexibility index (Phi) is 6.33. The minimum absolute atomic E-state index is 0.195. The van der Waals surface area contributed by atoms with Crippen LogP contribution in [0, 0.1) is 0 Å². The Morgan fingerprint density at radius 2 is 1.97 bits per heavy atom. The smallest absolute Gasteiger partial charge is 0.338 e. The summed E-state index contributed by atoms with van der Waals surface area (Å²) in [5.74, 6) is -0.459. The van der Waals surface area contributed by atoms with Crippen molar-refractivity contribution in [2.75, 3.05) is 25.6 Å². The number of nitrogens with zero attached hydrogens (tertiary/aromatic N) is 5. The summed E-state index contributed by atoms with van der Waals surface area (Å²) in [4.78, 5) is 33.7. The minimum Gasteiger partial charge on any atom is -0.463 e. The molecule has 0 spiro atoms. The van der Waals surface area contributed by atoms with Gasteiger partial charge in [-0.25, -0.2) is 9.79 Å². The molecule has 3 aromatic rings. The van der Waals surface area contributed by atoms with E-state index in [9.17, 15) is 9.59 Å². The van der Waals surface area contributed by atoms with Gasteiger partial charge in [0.1, 0.15) is 0 Å². The maximum atomic E-state index is 13.6. The summed E-state index contributed by atoms with van der Waals surface area (Å²) in [7, 11) is 3.93. The van der Waals surface area contributed by atoms with Gasteiger partial charge in [-0.3, -0.25) is 14.0 Å². The Hall–Kier alpha value is -3.46. The van der Waals surface area contributed by atoms with Crippen LogP contribution in [0.5, 0.6) is 0 Å². The van der Waals surface area contributed by atoms with Crippen molar-refractivity contribution in [2.24, 2.45) is 4.99 Å². The molecule has 0 aliphatic carbocycles. The zero-order chi connectivity index (χ0) is 23.7. The second-order valence-corrected chi connectivity index (χ2v) is 8.93. The molecular weight excluding hydrogens is 438 g/mol. The molecule has 4 rings (SSSR count). The third-order valence-corrected chi connectivity index (χ3v) is 6.50. The minimum atomic E-state index is -0.614. The van der Waals surface area contributed by atoms with Crippen LogP contribution in [-0.2, 0) is 16.1 Å². The molecule has 1 aliphatic rings. The maximum absolute atomic E-state index is 13.6. The molecule has 1 aromatic carbocycles. The van der Waals surface area contributed by atoms with Crippen LogP contribution in [0.3, 0.4) is 0 Å². The molecule has 0 amide bonds. The van der Waals surface area contributed by atoms with Crippen LogP contribution in [0.2, 0.25) is 0 Å². The normalized spacial score (nSPS) is 15.9. The van der Waals surface area contributed by atoms with E-state index in [-0.39, 0.29) is 12.2 Å². The van der Waals surface area contributed by atoms with Gasteiger partial charge in [-0.2, -0.15) is 5.10 Å². The summed E-state index contributed by atoms with van der Waals surface area (Å²) >= 11 is 1.31. The number of aryl methyl sites for hydroxylation is 1. The Labute approximate surface area is 195 Å². The predicted octanol–water partition coefficient (Wildman–Crippen LogP) is 2.08. The van der Waals surface area contributed by atoms with E-state index in [0.717, 1.165) is 23.4 Å². The molecular formula is C24H27N5O3S. The van der Waals surface area contributed by atoms with Crippen LogP contribution in [0.15, 0.2) is 57.7 Å². The molecule has 1 aliphatic heterocycles. The quantitative estimate of drug-likeness (QED) is 0.521. The molecule has 8 nitrogen and oxygen atoms in total. The topological polar surface area (TPSA) is 81.7 Å². The Balaban J connectivity index is 1.91. The van der Waals surface area contributed by atoms with E-state index in [4.69, 9.17) is 4.74 Å². The third-order valence-electron chi connectivity index (χ3n) is 5.52. The first kappa shape index (κ1) is 22.7. The summed E-state index contributed by atoms with van der Waals surface area (Å²) in [6.07, 6.45) is 5.44. The maximum Gasteiger partial charge on any atom is 0.338 e. The molecule has 0 radical (unpaired) electrons. The number of ether oxygens (including phenoxy) is 1. The summed E-state index contributed by atoms with van der Waals surface area (Å²) in [5, 5.41) is 4.28. The fourth-order valence-corrected chi connectivity index (χ4v) is 4.89. The fourth-order valence-electron chi connectivity index (χ4n) is 3.84. The van der Waals surface area contributed by atoms with Gasteiger partial charge in [0.25, 0.3) is 5.56 Å². The Bertz CT molecular complexity index is 1390. The number of thiazole rings is 1. The third kappa shape index (κ3) is 4.28. The second-order valence-electron chi connectivity index (χ2n) is 7.92. The van der Waals surface area contributed by atoms with Gasteiger partial charge >= 0.3 is 5.97 Å². The lowest BCUT2D eigenvalue weighted by molar-refractivity contribution is -0.139. The predicted molar refractivity (Wildman–Crippen MR) is 129 cm³/mol. The zero-order valence-electron chi connectivity index (χ0n) is 19.4. The Morgan fingerprint density at radius 1 is 1.24 bits per heavy atom. The van der Waals surface area contributed by atoms with E-state index >= 15 is 0 Å². The van der Waals surface area contributed by atoms with Gasteiger partial charge in [-0.05, 0) is 44.5 Å². The first-order valence-corrected chi connectivity index (χ1v) is 11.6. The van der Waals surface area contributed by atoms with E-state index in [1.54, 1.807) is 29.3 Å². The van der Waals surface area contributed by atoms with Crippen molar-refractivity contribution in [3.05, 3.63) is 78.7 Å². The SMILES string of the molecule is CCOC(=O)C1=C(C)N=c2s/c(=C/c3cnn(CC)c3)c(=O)n2C1c1ccc(N(C)C)cc1. The number of benzene rings is 1. The molecule has 9 heteroatoms. The molecule has 33 heavy (non-hydrogen) atoms. The summed E-state index contributed by atoms with van der Waals surface area (Å²) in [5.41, 5.74) is 3.44. The van der Waals surface area contributed by atoms with Crippen LogP contribution in [-0.4, -0.2) is 41.0 Å². The van der Waals surface area contributed by atoms with E-state index in [1.165, 1.54) is 11.3 Å². The van der Waals surface area contributed by atoms with Gasteiger partial charge in [0.2, 0.25) is 0 Å². The van der Waals surface area contributed by atoms with Crippen LogP contribution in [0.25, 0.3) is 6.08 Å². The monoisotopic (exact) mass is 465 g/mol. The van der Waals surface area contributed by atoms with Crippen LogP contribution >= 0.6 is 11.3 Å². The number of aromatic nitrogens is 3. The molecule has 0 bridgehead atoms. The summed E-state index contributed by atoms with van der Waals surface area (Å²) in [6, 6.07) is 7.23. The fraction of sp³-hybridized carbons (Fsp3) is 0.333. The van der Waals surface area contributed by atoms with Crippen LogP contribution in [0.1, 0.15) is 37.9 Å². The highest BCUT2D eigenvalue weighted by atomic mass is 32.1. The number of hydrogen-bond donors (Lipinski definition) is 0. The van der Waals surface area contributed by atoms with E-state index in [0.29, 0.717) is 20.6 Å². The molecule has 1 unspecified atom stereocenters. The number of fused-ring (bicyclic) bond motifs is 1. The zero-order valence-corrected chi connectivity index (χ0v) is 20.2. The molecule has 0 saturated heterocycles. The molecule has 172 valence electrons. The number of carbonyl (C=O) groups excluding carboxylic acids is 1. The molecule has 2 aromatic heterocycles. The van der Waals surface area contributed by atoms with Crippen molar-refractivity contribution >= 4 is 29.1 Å². The van der Waals surface area contributed by atoms with Crippen molar-refractivity contribution in [3.63, 3.8) is 0 Å². The van der Waals surface area contributed by atoms with Crippen molar-refractivity contribution in [1.29, 1.82) is 0 Å². The highest BCUT2D eigenvalue weighted by Crippen LogP contribution is 2.31. The highest BCUT2D eigenvalue weighted by Gasteiger charge is 2.33. The van der Waals surface area contributed by atoms with Crippen molar-refractivity contribution in [3.8, 4) is 0 Å². The average Bonchev–Trinajstić information content (AvgIpc) is 3.37. The second kappa shape index (κ2) is 9.19. The van der Waals surface area contributed by atoms with E-state index in [1.807, 2.05) is 62.5 Å². The van der Waals surface area contributed by atoms with Gasteiger partial charge in [0.05, 0.1) is 34.6 Å². The van der Waals surface area contributed by atoms with Crippen LogP contribution in [0.4, 0.5) is 5.69 Å². The molecule has 0 saturated carbocycles. The van der Waals surface area contributed by atoms with E-state index in [2.05, 4.69) is 10.1 Å². The number of allylic oxidation sites excluding steroid dienone is 1. The largest absolute Gasteiger partial charge is 0.463 e.